The summed E-state index contributed by atoms with van der Waals surface area (Å²) in [5.74, 6) is 2.76. The number of furan rings is 1. The monoisotopic (exact) mass is 416 g/mol. The van der Waals surface area contributed by atoms with E-state index in [1.807, 2.05) is 30.3 Å². The standard InChI is InChI=1S/C25H24N2O4/c1-17-14-22(17)23-12-10-20(31-23)11-13-24(28)27-19-8-5-9-21(15-19)30-16-25(29)26-18-6-3-2-4-7-18/h2-13,15,17,22H,14,16H2,1H3,(H,26,29)(H,27,28)/b13-11+. The van der Waals surface area contributed by atoms with Crippen molar-refractivity contribution in [3.63, 3.8) is 0 Å². The summed E-state index contributed by atoms with van der Waals surface area (Å²) in [6.07, 6.45) is 4.24. The molecule has 0 aliphatic heterocycles. The third-order valence-corrected chi connectivity index (χ3v) is 5.05. The Labute approximate surface area is 180 Å². The van der Waals surface area contributed by atoms with E-state index in [1.165, 1.54) is 6.08 Å². The molecule has 1 heterocycles. The number of hydrogen-bond acceptors (Lipinski definition) is 4. The van der Waals surface area contributed by atoms with Crippen LogP contribution >= 0.6 is 0 Å². The molecule has 0 bridgehead atoms. The van der Waals surface area contributed by atoms with Crippen molar-refractivity contribution in [3.05, 3.63) is 84.3 Å². The third-order valence-electron chi connectivity index (χ3n) is 5.05. The van der Waals surface area contributed by atoms with Crippen LogP contribution in [0.15, 0.2) is 77.2 Å². The van der Waals surface area contributed by atoms with Crippen LogP contribution in [0, 0.1) is 5.92 Å². The topological polar surface area (TPSA) is 80.6 Å². The first-order valence-electron chi connectivity index (χ1n) is 10.2. The van der Waals surface area contributed by atoms with Crippen LogP contribution in [0.25, 0.3) is 6.08 Å². The van der Waals surface area contributed by atoms with Gasteiger partial charge in [0.05, 0.1) is 0 Å². The highest BCUT2D eigenvalue weighted by atomic mass is 16.5. The summed E-state index contributed by atoms with van der Waals surface area (Å²) in [7, 11) is 0. The number of anilines is 2. The zero-order chi connectivity index (χ0) is 21.6. The van der Waals surface area contributed by atoms with Crippen molar-refractivity contribution in [1.29, 1.82) is 0 Å². The lowest BCUT2D eigenvalue weighted by atomic mass is 10.3. The highest BCUT2D eigenvalue weighted by Gasteiger charge is 2.36. The minimum absolute atomic E-state index is 0.132. The predicted octanol–water partition coefficient (Wildman–Crippen LogP) is 5.07. The van der Waals surface area contributed by atoms with Crippen LogP contribution in [-0.4, -0.2) is 18.4 Å². The van der Waals surface area contributed by atoms with Crippen molar-refractivity contribution in [2.24, 2.45) is 5.92 Å². The molecule has 6 heteroatoms. The minimum atomic E-state index is -0.281. The lowest BCUT2D eigenvalue weighted by molar-refractivity contribution is -0.118. The average molecular weight is 416 g/mol. The summed E-state index contributed by atoms with van der Waals surface area (Å²) >= 11 is 0. The second kappa shape index (κ2) is 9.34. The van der Waals surface area contributed by atoms with Crippen LogP contribution in [0.2, 0.25) is 0 Å². The molecule has 0 spiro atoms. The fourth-order valence-corrected chi connectivity index (χ4v) is 3.25. The van der Waals surface area contributed by atoms with Crippen LogP contribution in [0.5, 0.6) is 5.75 Å². The smallest absolute Gasteiger partial charge is 0.262 e. The van der Waals surface area contributed by atoms with Gasteiger partial charge in [-0.3, -0.25) is 9.59 Å². The van der Waals surface area contributed by atoms with Gasteiger partial charge in [0, 0.05) is 29.4 Å². The molecule has 3 aromatic rings. The fourth-order valence-electron chi connectivity index (χ4n) is 3.25. The van der Waals surface area contributed by atoms with Crippen molar-refractivity contribution >= 4 is 29.3 Å². The maximum Gasteiger partial charge on any atom is 0.262 e. The summed E-state index contributed by atoms with van der Waals surface area (Å²) in [6, 6.07) is 19.9. The zero-order valence-electron chi connectivity index (χ0n) is 17.2. The maximum absolute atomic E-state index is 12.2. The van der Waals surface area contributed by atoms with Crippen LogP contribution in [0.4, 0.5) is 11.4 Å². The van der Waals surface area contributed by atoms with Crippen LogP contribution < -0.4 is 15.4 Å². The van der Waals surface area contributed by atoms with E-state index in [-0.39, 0.29) is 18.4 Å². The molecule has 2 amide bonds. The van der Waals surface area contributed by atoms with E-state index < -0.39 is 0 Å². The normalized spacial score (nSPS) is 17.3. The molecule has 4 rings (SSSR count). The zero-order valence-corrected chi connectivity index (χ0v) is 17.2. The van der Waals surface area contributed by atoms with Gasteiger partial charge >= 0.3 is 0 Å². The Bertz CT molecular complexity index is 1090. The third kappa shape index (κ3) is 5.85. The van der Waals surface area contributed by atoms with E-state index in [0.717, 1.165) is 12.2 Å². The van der Waals surface area contributed by atoms with Crippen molar-refractivity contribution < 1.29 is 18.7 Å². The Kier molecular flexibility index (Phi) is 6.17. The van der Waals surface area contributed by atoms with Gasteiger partial charge in [-0.1, -0.05) is 31.2 Å². The molecule has 2 atom stereocenters. The van der Waals surface area contributed by atoms with E-state index >= 15 is 0 Å². The van der Waals surface area contributed by atoms with Gasteiger partial charge < -0.3 is 19.8 Å². The molecule has 31 heavy (non-hydrogen) atoms. The number of ether oxygens (including phenoxy) is 1. The molecule has 1 saturated carbocycles. The Balaban J connectivity index is 1.27. The number of amides is 2. The second-order valence-corrected chi connectivity index (χ2v) is 7.61. The van der Waals surface area contributed by atoms with Crippen molar-refractivity contribution in [2.45, 2.75) is 19.3 Å². The van der Waals surface area contributed by atoms with Crippen LogP contribution in [0.3, 0.4) is 0 Å². The molecule has 2 N–H and O–H groups in total. The molecule has 0 radical (unpaired) electrons. The number of carbonyl (C=O) groups excluding carboxylic acids is 2. The summed E-state index contributed by atoms with van der Waals surface area (Å²) in [4.78, 5) is 24.2. The summed E-state index contributed by atoms with van der Waals surface area (Å²) in [5, 5.41) is 5.54. The van der Waals surface area contributed by atoms with E-state index in [0.29, 0.717) is 34.7 Å². The Morgan fingerprint density at radius 2 is 1.81 bits per heavy atom. The quantitative estimate of drug-likeness (QED) is 0.502. The summed E-state index contributed by atoms with van der Waals surface area (Å²) in [5.41, 5.74) is 1.28. The fraction of sp³-hybridized carbons (Fsp3) is 0.200. The molecule has 1 aliphatic carbocycles. The molecule has 6 nitrogen and oxygen atoms in total. The second-order valence-electron chi connectivity index (χ2n) is 7.61. The van der Waals surface area contributed by atoms with Gasteiger partial charge in [-0.05, 0) is 54.8 Å². The van der Waals surface area contributed by atoms with Crippen molar-refractivity contribution in [3.8, 4) is 5.75 Å². The first-order chi connectivity index (χ1) is 15.1. The van der Waals surface area contributed by atoms with E-state index in [1.54, 1.807) is 42.5 Å². The lowest BCUT2D eigenvalue weighted by Crippen LogP contribution is -2.20. The molecule has 1 aromatic heterocycles. The Morgan fingerprint density at radius 1 is 1.03 bits per heavy atom. The van der Waals surface area contributed by atoms with Crippen LogP contribution in [0.1, 0.15) is 30.8 Å². The summed E-state index contributed by atoms with van der Waals surface area (Å²) in [6.45, 7) is 2.07. The SMILES string of the molecule is CC1CC1c1ccc(/C=C/C(=O)Nc2cccc(OCC(=O)Nc3ccccc3)c2)o1. The van der Waals surface area contributed by atoms with E-state index in [9.17, 15) is 9.59 Å². The van der Waals surface area contributed by atoms with Crippen molar-refractivity contribution in [1.82, 2.24) is 0 Å². The maximum atomic E-state index is 12.2. The van der Waals surface area contributed by atoms with E-state index in [2.05, 4.69) is 17.6 Å². The minimum Gasteiger partial charge on any atom is -0.484 e. The van der Waals surface area contributed by atoms with Gasteiger partial charge in [-0.15, -0.1) is 0 Å². The van der Waals surface area contributed by atoms with Crippen LogP contribution in [-0.2, 0) is 9.59 Å². The largest absolute Gasteiger partial charge is 0.484 e. The van der Waals surface area contributed by atoms with Crippen molar-refractivity contribution in [2.75, 3.05) is 17.2 Å². The number of nitrogens with one attached hydrogen (secondary N) is 2. The van der Waals surface area contributed by atoms with Gasteiger partial charge in [0.2, 0.25) is 5.91 Å². The average Bonchev–Trinajstić information content (AvgIpc) is 3.31. The van der Waals surface area contributed by atoms with Gasteiger partial charge in [0.1, 0.15) is 17.3 Å². The number of rotatable bonds is 8. The molecular weight excluding hydrogens is 392 g/mol. The van der Waals surface area contributed by atoms with Gasteiger partial charge in [0.15, 0.2) is 6.61 Å². The van der Waals surface area contributed by atoms with Gasteiger partial charge in [-0.25, -0.2) is 0 Å². The predicted molar refractivity (Wildman–Crippen MR) is 120 cm³/mol. The number of carbonyl (C=O) groups is 2. The number of para-hydroxylation sites is 1. The molecule has 1 fully saturated rings. The summed E-state index contributed by atoms with van der Waals surface area (Å²) < 4.78 is 11.3. The molecule has 158 valence electrons. The first kappa shape index (κ1) is 20.5. The Morgan fingerprint density at radius 3 is 2.58 bits per heavy atom. The molecule has 2 aromatic carbocycles. The highest BCUT2D eigenvalue weighted by Crippen LogP contribution is 2.47. The molecule has 1 aliphatic rings. The van der Waals surface area contributed by atoms with Gasteiger partial charge in [-0.2, -0.15) is 0 Å². The molecular formula is C25H24N2O4. The Hall–Kier alpha value is -3.80. The lowest BCUT2D eigenvalue weighted by Gasteiger charge is -2.09. The number of hydrogen-bond donors (Lipinski definition) is 2. The highest BCUT2D eigenvalue weighted by molar-refractivity contribution is 6.01. The first-order valence-corrected chi connectivity index (χ1v) is 10.2. The molecule has 2 unspecified atom stereocenters. The van der Waals surface area contributed by atoms with Gasteiger partial charge in [0.25, 0.3) is 5.91 Å². The molecule has 0 saturated heterocycles. The number of benzene rings is 2. The van der Waals surface area contributed by atoms with E-state index in [4.69, 9.17) is 9.15 Å².